The third-order valence-electron chi connectivity index (χ3n) is 3.77. The third-order valence-corrected chi connectivity index (χ3v) is 4.70. The van der Waals surface area contributed by atoms with E-state index in [2.05, 4.69) is 20.3 Å². The predicted octanol–water partition coefficient (Wildman–Crippen LogP) is 1.68. The highest BCUT2D eigenvalue weighted by Gasteiger charge is 2.43. The van der Waals surface area contributed by atoms with Gasteiger partial charge in [0.05, 0.1) is 22.9 Å². The second kappa shape index (κ2) is 4.96. The van der Waals surface area contributed by atoms with Crippen LogP contribution in [0.5, 0.6) is 0 Å². The minimum atomic E-state index is -1.06. The van der Waals surface area contributed by atoms with Crippen molar-refractivity contribution in [1.29, 1.82) is 0 Å². The van der Waals surface area contributed by atoms with Crippen molar-refractivity contribution in [2.45, 2.75) is 31.7 Å². The number of thiazole rings is 1. The summed E-state index contributed by atoms with van der Waals surface area (Å²) in [5, 5.41) is 11.9. The van der Waals surface area contributed by atoms with E-state index in [1.54, 1.807) is 12.4 Å². The maximum atomic E-state index is 12.4. The fourth-order valence-electron chi connectivity index (χ4n) is 2.42. The standard InChI is InChI=1S/C13H14N4O3S/c1-7-9(21-6-15-7)10(18)17-13(3-2-4-13)12-14-5-8(16-12)11(19)20/h5-6H,2-4H2,1H3,(H,14,16)(H,17,18)(H,19,20). The Morgan fingerprint density at radius 1 is 1.43 bits per heavy atom. The lowest BCUT2D eigenvalue weighted by Crippen LogP contribution is -2.51. The molecule has 1 aliphatic rings. The Morgan fingerprint density at radius 3 is 2.67 bits per heavy atom. The number of rotatable bonds is 4. The van der Waals surface area contributed by atoms with Crippen molar-refractivity contribution in [1.82, 2.24) is 20.3 Å². The average molecular weight is 306 g/mol. The number of carboxylic acids is 1. The van der Waals surface area contributed by atoms with E-state index in [0.29, 0.717) is 16.4 Å². The van der Waals surface area contributed by atoms with E-state index in [0.717, 1.165) is 19.3 Å². The molecule has 0 aliphatic heterocycles. The summed E-state index contributed by atoms with van der Waals surface area (Å²) in [7, 11) is 0. The predicted molar refractivity (Wildman–Crippen MR) is 75.4 cm³/mol. The second-order valence-electron chi connectivity index (χ2n) is 5.11. The van der Waals surface area contributed by atoms with Crippen molar-refractivity contribution in [3.05, 3.63) is 33.8 Å². The first-order valence-electron chi connectivity index (χ1n) is 6.53. The number of carbonyl (C=O) groups is 2. The highest BCUT2D eigenvalue weighted by atomic mass is 32.1. The van der Waals surface area contributed by atoms with E-state index in [1.807, 2.05) is 0 Å². The van der Waals surface area contributed by atoms with E-state index in [-0.39, 0.29) is 11.6 Å². The van der Waals surface area contributed by atoms with Crippen LogP contribution >= 0.6 is 11.3 Å². The van der Waals surface area contributed by atoms with Gasteiger partial charge in [0, 0.05) is 0 Å². The summed E-state index contributed by atoms with van der Waals surface area (Å²) in [6.07, 6.45) is 3.72. The van der Waals surface area contributed by atoms with E-state index in [1.165, 1.54) is 17.5 Å². The lowest BCUT2D eigenvalue weighted by Gasteiger charge is -2.40. The van der Waals surface area contributed by atoms with Gasteiger partial charge in [0.2, 0.25) is 0 Å². The van der Waals surface area contributed by atoms with Crippen LogP contribution in [-0.4, -0.2) is 31.9 Å². The monoisotopic (exact) mass is 306 g/mol. The van der Waals surface area contributed by atoms with Gasteiger partial charge >= 0.3 is 5.97 Å². The second-order valence-corrected chi connectivity index (χ2v) is 5.96. The summed E-state index contributed by atoms with van der Waals surface area (Å²) < 4.78 is 0. The Balaban J connectivity index is 1.85. The number of aromatic nitrogens is 3. The molecule has 0 aromatic carbocycles. The van der Waals surface area contributed by atoms with Gasteiger partial charge in [-0.15, -0.1) is 11.3 Å². The molecule has 1 fully saturated rings. The molecule has 3 rings (SSSR count). The summed E-state index contributed by atoms with van der Waals surface area (Å²) in [4.78, 5) is 34.8. The Morgan fingerprint density at radius 2 is 2.19 bits per heavy atom. The van der Waals surface area contributed by atoms with Crippen molar-refractivity contribution in [2.24, 2.45) is 0 Å². The van der Waals surface area contributed by atoms with Crippen LogP contribution in [0.1, 0.15) is 50.9 Å². The van der Waals surface area contributed by atoms with Gasteiger partial charge < -0.3 is 15.4 Å². The molecule has 1 saturated carbocycles. The Hall–Kier alpha value is -2.22. The number of aryl methyl sites for hydroxylation is 1. The molecule has 2 aromatic heterocycles. The number of H-pyrrole nitrogens is 1. The van der Waals surface area contributed by atoms with Crippen LogP contribution in [0.15, 0.2) is 11.7 Å². The van der Waals surface area contributed by atoms with Gasteiger partial charge in [-0.3, -0.25) is 4.79 Å². The number of imidazole rings is 1. The molecule has 2 aromatic rings. The molecule has 0 bridgehead atoms. The lowest BCUT2D eigenvalue weighted by molar-refractivity contribution is 0.0690. The van der Waals surface area contributed by atoms with Crippen molar-refractivity contribution in [3.63, 3.8) is 0 Å². The van der Waals surface area contributed by atoms with Crippen LogP contribution in [0.3, 0.4) is 0 Å². The molecular weight excluding hydrogens is 292 g/mol. The number of carbonyl (C=O) groups excluding carboxylic acids is 1. The topological polar surface area (TPSA) is 108 Å². The number of hydrogen-bond donors (Lipinski definition) is 3. The average Bonchev–Trinajstić information content (AvgIpc) is 3.02. The number of aromatic amines is 1. The number of nitrogens with zero attached hydrogens (tertiary/aromatic N) is 2. The molecule has 8 heteroatoms. The van der Waals surface area contributed by atoms with Crippen molar-refractivity contribution < 1.29 is 14.7 Å². The Kier molecular flexibility index (Phi) is 3.25. The maximum Gasteiger partial charge on any atom is 0.353 e. The van der Waals surface area contributed by atoms with Gasteiger partial charge in [0.1, 0.15) is 16.4 Å². The summed E-state index contributed by atoms with van der Waals surface area (Å²) in [5.41, 5.74) is 1.76. The summed E-state index contributed by atoms with van der Waals surface area (Å²) in [5.74, 6) is -0.752. The third kappa shape index (κ3) is 2.31. The number of aromatic carboxylic acids is 1. The molecule has 21 heavy (non-hydrogen) atoms. The fraction of sp³-hybridized carbons (Fsp3) is 0.385. The van der Waals surface area contributed by atoms with Crippen molar-refractivity contribution >= 4 is 23.2 Å². The highest BCUT2D eigenvalue weighted by Crippen LogP contribution is 2.40. The molecule has 0 spiro atoms. The van der Waals surface area contributed by atoms with Crippen LogP contribution in [0, 0.1) is 6.92 Å². The van der Waals surface area contributed by atoms with Gasteiger partial charge in [-0.25, -0.2) is 14.8 Å². The van der Waals surface area contributed by atoms with Crippen LogP contribution in [0.25, 0.3) is 0 Å². The summed E-state index contributed by atoms with van der Waals surface area (Å²) in [6, 6.07) is 0. The zero-order valence-electron chi connectivity index (χ0n) is 11.3. The van der Waals surface area contributed by atoms with Crippen molar-refractivity contribution in [2.75, 3.05) is 0 Å². The maximum absolute atomic E-state index is 12.4. The van der Waals surface area contributed by atoms with Crippen LogP contribution in [0.2, 0.25) is 0 Å². The zero-order chi connectivity index (χ0) is 15.0. The first-order chi connectivity index (χ1) is 10.0. The SMILES string of the molecule is Cc1ncsc1C(=O)NC1(c2ncc(C(=O)O)[nH]2)CCC1. The lowest BCUT2D eigenvalue weighted by atomic mass is 9.76. The van der Waals surface area contributed by atoms with Crippen LogP contribution in [-0.2, 0) is 5.54 Å². The Bertz CT molecular complexity index is 702. The van der Waals surface area contributed by atoms with E-state index in [9.17, 15) is 9.59 Å². The van der Waals surface area contributed by atoms with Crippen LogP contribution < -0.4 is 5.32 Å². The van der Waals surface area contributed by atoms with Gasteiger partial charge in [-0.1, -0.05) is 0 Å². The van der Waals surface area contributed by atoms with Crippen LogP contribution in [0.4, 0.5) is 0 Å². The molecule has 3 N–H and O–H groups in total. The highest BCUT2D eigenvalue weighted by molar-refractivity contribution is 7.11. The van der Waals surface area contributed by atoms with E-state index < -0.39 is 11.5 Å². The zero-order valence-corrected chi connectivity index (χ0v) is 12.2. The minimum Gasteiger partial charge on any atom is -0.477 e. The van der Waals surface area contributed by atoms with Gasteiger partial charge in [-0.2, -0.15) is 0 Å². The molecule has 0 unspecified atom stereocenters. The largest absolute Gasteiger partial charge is 0.477 e. The molecular formula is C13H14N4O3S. The number of amides is 1. The normalized spacial score (nSPS) is 16.2. The van der Waals surface area contributed by atoms with Crippen molar-refractivity contribution in [3.8, 4) is 0 Å². The quantitative estimate of drug-likeness (QED) is 0.796. The smallest absolute Gasteiger partial charge is 0.353 e. The number of hydrogen-bond acceptors (Lipinski definition) is 5. The molecule has 2 heterocycles. The fourth-order valence-corrected chi connectivity index (χ4v) is 3.12. The van der Waals surface area contributed by atoms with Gasteiger partial charge in [0.15, 0.2) is 0 Å². The number of carboxylic acid groups (broad SMARTS) is 1. The molecule has 0 radical (unpaired) electrons. The van der Waals surface area contributed by atoms with Gasteiger partial charge in [-0.05, 0) is 26.2 Å². The molecule has 1 amide bonds. The van der Waals surface area contributed by atoms with E-state index in [4.69, 9.17) is 5.11 Å². The Labute approximate surface area is 124 Å². The first-order valence-corrected chi connectivity index (χ1v) is 7.41. The number of nitrogens with one attached hydrogen (secondary N) is 2. The molecule has 0 saturated heterocycles. The molecule has 110 valence electrons. The van der Waals surface area contributed by atoms with Gasteiger partial charge in [0.25, 0.3) is 5.91 Å². The minimum absolute atomic E-state index is 0.0273. The molecule has 1 aliphatic carbocycles. The first kappa shape index (κ1) is 13.7. The van der Waals surface area contributed by atoms with E-state index >= 15 is 0 Å². The molecule has 7 nitrogen and oxygen atoms in total. The molecule has 0 atom stereocenters. The summed E-state index contributed by atoms with van der Waals surface area (Å²) in [6.45, 7) is 1.79. The summed E-state index contributed by atoms with van der Waals surface area (Å²) >= 11 is 1.29.